The van der Waals surface area contributed by atoms with Gasteiger partial charge in [-0.1, -0.05) is 25.0 Å². The number of nitrogens with one attached hydrogen (secondary N) is 1. The minimum Gasteiger partial charge on any atom is -0.465 e. The second-order valence-corrected chi connectivity index (χ2v) is 8.83. The Labute approximate surface area is 166 Å². The molecule has 1 aliphatic heterocycles. The Balaban J connectivity index is 1.65. The van der Waals surface area contributed by atoms with Gasteiger partial charge in [-0.2, -0.15) is 4.31 Å². The number of methoxy groups -OCH3 is 1. The van der Waals surface area contributed by atoms with Crippen molar-refractivity contribution in [2.45, 2.75) is 37.1 Å². The zero-order chi connectivity index (χ0) is 20.0. The van der Waals surface area contributed by atoms with Crippen LogP contribution in [0.1, 0.15) is 41.6 Å². The zero-order valence-electron chi connectivity index (χ0n) is 16.1. The van der Waals surface area contributed by atoms with E-state index in [2.05, 4.69) is 5.32 Å². The summed E-state index contributed by atoms with van der Waals surface area (Å²) in [6.45, 7) is 1.71. The summed E-state index contributed by atoms with van der Waals surface area (Å²) in [6.07, 6.45) is 4.02. The van der Waals surface area contributed by atoms with Crippen LogP contribution in [0.5, 0.6) is 0 Å². The number of nitrogens with zero attached hydrogens (tertiary/aromatic N) is 1. The molecule has 0 amide bonds. The number of ether oxygens (including phenoxy) is 1. The topological polar surface area (TPSA) is 75.7 Å². The second-order valence-electron chi connectivity index (χ2n) is 6.89. The van der Waals surface area contributed by atoms with Gasteiger partial charge < -0.3 is 10.1 Å². The number of carbonyl (C=O) groups is 1. The first-order valence-corrected chi connectivity index (χ1v) is 11.0. The van der Waals surface area contributed by atoms with Gasteiger partial charge in [0.05, 0.1) is 17.6 Å². The van der Waals surface area contributed by atoms with Crippen molar-refractivity contribution in [2.24, 2.45) is 0 Å². The van der Waals surface area contributed by atoms with Crippen molar-refractivity contribution >= 4 is 21.7 Å². The molecule has 1 heterocycles. The van der Waals surface area contributed by atoms with E-state index in [4.69, 9.17) is 4.74 Å². The Morgan fingerprint density at radius 3 is 2.36 bits per heavy atom. The van der Waals surface area contributed by atoms with Crippen molar-refractivity contribution in [3.05, 3.63) is 59.7 Å². The van der Waals surface area contributed by atoms with Crippen LogP contribution in [0.4, 0.5) is 5.69 Å². The number of hydrogen-bond donors (Lipinski definition) is 1. The molecule has 0 bridgehead atoms. The number of esters is 1. The van der Waals surface area contributed by atoms with Crippen molar-refractivity contribution in [2.75, 3.05) is 25.5 Å². The molecule has 0 radical (unpaired) electrons. The maximum atomic E-state index is 12.8. The highest BCUT2D eigenvalue weighted by molar-refractivity contribution is 7.89. The van der Waals surface area contributed by atoms with Gasteiger partial charge in [-0.05, 0) is 54.8 Å². The average Bonchev–Trinajstić information content (AvgIpc) is 3.02. The van der Waals surface area contributed by atoms with Crippen molar-refractivity contribution in [3.8, 4) is 0 Å². The maximum absolute atomic E-state index is 12.8. The van der Waals surface area contributed by atoms with Gasteiger partial charge in [0.1, 0.15) is 0 Å². The first-order chi connectivity index (χ1) is 13.5. The zero-order valence-corrected chi connectivity index (χ0v) is 16.9. The molecule has 1 N–H and O–H groups in total. The lowest BCUT2D eigenvalue weighted by Crippen LogP contribution is -2.31. The second kappa shape index (κ2) is 9.21. The molecule has 0 aromatic heterocycles. The fraction of sp³-hybridized carbons (Fsp3) is 0.381. The van der Waals surface area contributed by atoms with Crippen molar-refractivity contribution in [1.29, 1.82) is 0 Å². The van der Waals surface area contributed by atoms with E-state index in [1.807, 2.05) is 6.07 Å². The first-order valence-electron chi connectivity index (χ1n) is 9.52. The highest BCUT2D eigenvalue weighted by Crippen LogP contribution is 2.22. The summed E-state index contributed by atoms with van der Waals surface area (Å²) in [6, 6.07) is 14.0. The lowest BCUT2D eigenvalue weighted by molar-refractivity contribution is 0.0600. The molecule has 0 unspecified atom stereocenters. The molecule has 0 saturated carbocycles. The standard InChI is InChI=1S/C21H26N2O4S/c1-27-21(24)18-8-6-7-17(15-18)16-22-19-9-11-20(12-10-19)28(25,26)23-13-4-2-3-5-14-23/h6-12,15,22H,2-5,13-14,16H2,1H3. The summed E-state index contributed by atoms with van der Waals surface area (Å²) >= 11 is 0. The molecule has 3 rings (SSSR count). The molecule has 1 fully saturated rings. The lowest BCUT2D eigenvalue weighted by atomic mass is 10.1. The van der Waals surface area contributed by atoms with Gasteiger partial charge in [-0.25, -0.2) is 13.2 Å². The molecule has 2 aromatic carbocycles. The van der Waals surface area contributed by atoms with E-state index in [-0.39, 0.29) is 5.97 Å². The first kappa shape index (κ1) is 20.4. The van der Waals surface area contributed by atoms with Crippen LogP contribution in [-0.2, 0) is 21.3 Å². The monoisotopic (exact) mass is 402 g/mol. The van der Waals surface area contributed by atoms with Crippen LogP contribution in [0.15, 0.2) is 53.4 Å². The molecule has 0 spiro atoms. The average molecular weight is 403 g/mol. The fourth-order valence-electron chi connectivity index (χ4n) is 3.31. The predicted molar refractivity (Wildman–Crippen MR) is 109 cm³/mol. The summed E-state index contributed by atoms with van der Waals surface area (Å²) < 4.78 is 32.0. The third-order valence-corrected chi connectivity index (χ3v) is 6.81. The molecule has 6 nitrogen and oxygen atoms in total. The van der Waals surface area contributed by atoms with Crippen LogP contribution >= 0.6 is 0 Å². The Hall–Kier alpha value is -2.38. The molecule has 7 heteroatoms. The highest BCUT2D eigenvalue weighted by atomic mass is 32.2. The summed E-state index contributed by atoms with van der Waals surface area (Å²) in [5.74, 6) is -0.370. The molecule has 150 valence electrons. The van der Waals surface area contributed by atoms with Gasteiger partial charge in [0, 0.05) is 25.3 Å². The number of benzene rings is 2. The molecule has 0 aliphatic carbocycles. The van der Waals surface area contributed by atoms with Crippen LogP contribution in [0, 0.1) is 0 Å². The van der Waals surface area contributed by atoms with Gasteiger partial charge in [0.15, 0.2) is 0 Å². The maximum Gasteiger partial charge on any atom is 0.337 e. The van der Waals surface area contributed by atoms with E-state index in [1.54, 1.807) is 46.8 Å². The van der Waals surface area contributed by atoms with Gasteiger partial charge in [0.25, 0.3) is 0 Å². The number of carbonyl (C=O) groups excluding carboxylic acids is 1. The third kappa shape index (κ3) is 4.91. The van der Waals surface area contributed by atoms with E-state index >= 15 is 0 Å². The van der Waals surface area contributed by atoms with Crippen LogP contribution in [0.2, 0.25) is 0 Å². The Morgan fingerprint density at radius 2 is 1.71 bits per heavy atom. The highest BCUT2D eigenvalue weighted by Gasteiger charge is 2.24. The minimum atomic E-state index is -3.43. The summed E-state index contributed by atoms with van der Waals surface area (Å²) in [4.78, 5) is 11.9. The third-order valence-electron chi connectivity index (χ3n) is 4.90. The van der Waals surface area contributed by atoms with E-state index in [9.17, 15) is 13.2 Å². The quantitative estimate of drug-likeness (QED) is 0.747. The van der Waals surface area contributed by atoms with Crippen molar-refractivity contribution < 1.29 is 17.9 Å². The van der Waals surface area contributed by atoms with E-state index in [1.165, 1.54) is 7.11 Å². The molecule has 1 saturated heterocycles. The Morgan fingerprint density at radius 1 is 1.04 bits per heavy atom. The number of hydrogen-bond acceptors (Lipinski definition) is 5. The van der Waals surface area contributed by atoms with Gasteiger partial charge >= 0.3 is 5.97 Å². The SMILES string of the molecule is COC(=O)c1cccc(CNc2ccc(S(=O)(=O)N3CCCCCC3)cc2)c1. The molecular weight excluding hydrogens is 376 g/mol. The summed E-state index contributed by atoms with van der Waals surface area (Å²) in [7, 11) is -2.08. The summed E-state index contributed by atoms with van der Waals surface area (Å²) in [5.41, 5.74) is 2.25. The predicted octanol–water partition coefficient (Wildman–Crippen LogP) is 3.65. The van der Waals surface area contributed by atoms with Crippen LogP contribution in [0.3, 0.4) is 0 Å². The van der Waals surface area contributed by atoms with Crippen LogP contribution < -0.4 is 5.32 Å². The van der Waals surface area contributed by atoms with Crippen molar-refractivity contribution in [3.63, 3.8) is 0 Å². The molecule has 28 heavy (non-hydrogen) atoms. The Bertz CT molecular complexity index is 902. The lowest BCUT2D eigenvalue weighted by Gasteiger charge is -2.20. The largest absolute Gasteiger partial charge is 0.465 e. The van der Waals surface area contributed by atoms with Gasteiger partial charge in [-0.15, -0.1) is 0 Å². The number of anilines is 1. The molecule has 0 atom stereocenters. The minimum absolute atomic E-state index is 0.327. The summed E-state index contributed by atoms with van der Waals surface area (Å²) in [5, 5.41) is 3.25. The van der Waals surface area contributed by atoms with Gasteiger partial charge in [-0.3, -0.25) is 0 Å². The fourth-order valence-corrected chi connectivity index (χ4v) is 4.82. The molecule has 1 aliphatic rings. The number of rotatable bonds is 6. The molecular formula is C21H26N2O4S. The van der Waals surface area contributed by atoms with Crippen LogP contribution in [0.25, 0.3) is 0 Å². The van der Waals surface area contributed by atoms with E-state index in [0.29, 0.717) is 30.1 Å². The van der Waals surface area contributed by atoms with E-state index in [0.717, 1.165) is 36.9 Å². The molecule has 2 aromatic rings. The van der Waals surface area contributed by atoms with Crippen LogP contribution in [-0.4, -0.2) is 38.9 Å². The Kier molecular flexibility index (Phi) is 6.70. The number of sulfonamides is 1. The van der Waals surface area contributed by atoms with Gasteiger partial charge in [0.2, 0.25) is 10.0 Å². The smallest absolute Gasteiger partial charge is 0.337 e. The van der Waals surface area contributed by atoms with E-state index < -0.39 is 10.0 Å². The van der Waals surface area contributed by atoms with Crippen molar-refractivity contribution in [1.82, 2.24) is 4.31 Å². The normalized spacial score (nSPS) is 15.6.